The minimum Gasteiger partial charge on any atom is -0.351 e. The van der Waals surface area contributed by atoms with Crippen LogP contribution in [0.5, 0.6) is 0 Å². The van der Waals surface area contributed by atoms with E-state index in [0.29, 0.717) is 5.69 Å². The molecule has 0 saturated heterocycles. The number of nitrogens with one attached hydrogen (secondary N) is 1. The number of hydrogen-bond donors (Lipinski definition) is 3. The summed E-state index contributed by atoms with van der Waals surface area (Å²) in [7, 11) is 0. The number of nitrogens with zero attached hydrogens (tertiary/aromatic N) is 1. The highest BCUT2D eigenvalue weighted by atomic mass is 32.1. The van der Waals surface area contributed by atoms with Crippen molar-refractivity contribution in [1.82, 2.24) is 10.3 Å². The molecule has 15 heavy (non-hydrogen) atoms. The third-order valence-corrected chi connectivity index (χ3v) is 2.66. The van der Waals surface area contributed by atoms with Crippen molar-refractivity contribution in [2.24, 2.45) is 11.5 Å². The number of carbonyl (C=O) groups is 2. The minimum absolute atomic E-state index is 0.0339. The van der Waals surface area contributed by atoms with Crippen LogP contribution in [0.25, 0.3) is 0 Å². The quantitative estimate of drug-likeness (QED) is 0.670. The molecule has 0 aliphatic heterocycles. The molecule has 6 nitrogen and oxygen atoms in total. The van der Waals surface area contributed by atoms with E-state index in [2.05, 4.69) is 4.98 Å². The molecule has 0 aliphatic carbocycles. The molecule has 0 radical (unpaired) electrons. The van der Waals surface area contributed by atoms with Crippen LogP contribution in [-0.2, 0) is 11.2 Å². The average molecular weight is 228 g/mol. The molecule has 0 bridgehead atoms. The Hall–Kier alpha value is -1.47. The molecule has 82 valence electrons. The number of imide groups is 1. The molecule has 3 amide bonds. The van der Waals surface area contributed by atoms with Crippen LogP contribution in [0.4, 0.5) is 4.79 Å². The van der Waals surface area contributed by atoms with Gasteiger partial charge < -0.3 is 11.5 Å². The first kappa shape index (κ1) is 11.6. The molecule has 5 N–H and O–H groups in total. The number of primary amides is 1. The molecule has 0 aliphatic rings. The number of urea groups is 1. The summed E-state index contributed by atoms with van der Waals surface area (Å²) in [5.74, 6) is -0.468. The number of hydrogen-bond acceptors (Lipinski definition) is 5. The van der Waals surface area contributed by atoms with Crippen molar-refractivity contribution in [3.8, 4) is 0 Å². The van der Waals surface area contributed by atoms with Gasteiger partial charge in [0, 0.05) is 5.38 Å². The monoisotopic (exact) mass is 228 g/mol. The molecule has 0 spiro atoms. The normalized spacial score (nSPS) is 12.1. The molecule has 1 atom stereocenters. The first-order valence-electron chi connectivity index (χ1n) is 4.28. The first-order chi connectivity index (χ1) is 6.99. The first-order valence-corrected chi connectivity index (χ1v) is 5.16. The van der Waals surface area contributed by atoms with E-state index >= 15 is 0 Å². The third-order valence-electron chi connectivity index (χ3n) is 1.56. The maximum absolute atomic E-state index is 11.1. The number of rotatable bonds is 3. The lowest BCUT2D eigenvalue weighted by Gasteiger charge is -1.98. The van der Waals surface area contributed by atoms with Gasteiger partial charge in [0.15, 0.2) is 0 Å². The molecule has 7 heteroatoms. The van der Waals surface area contributed by atoms with E-state index in [1.807, 2.05) is 12.2 Å². The van der Waals surface area contributed by atoms with E-state index in [9.17, 15) is 9.59 Å². The average Bonchev–Trinajstić information content (AvgIpc) is 2.50. The van der Waals surface area contributed by atoms with Crippen LogP contribution in [0.3, 0.4) is 0 Å². The lowest BCUT2D eigenvalue weighted by Crippen LogP contribution is -2.36. The van der Waals surface area contributed by atoms with E-state index in [0.717, 1.165) is 5.01 Å². The number of nitrogens with two attached hydrogens (primary N) is 2. The van der Waals surface area contributed by atoms with Gasteiger partial charge in [-0.2, -0.15) is 0 Å². The third kappa shape index (κ3) is 3.64. The summed E-state index contributed by atoms with van der Waals surface area (Å²) < 4.78 is 0. The van der Waals surface area contributed by atoms with E-state index in [-0.39, 0.29) is 12.5 Å². The standard InChI is InChI=1S/C8H12N4O2S/c1-4(9)7-11-5(3-15-7)2-6(13)12-8(10)14/h3-4H,2,9H2,1H3,(H3,10,12,13,14). The van der Waals surface area contributed by atoms with Crippen molar-refractivity contribution in [3.05, 3.63) is 16.1 Å². The number of aromatic nitrogens is 1. The maximum Gasteiger partial charge on any atom is 0.318 e. The predicted molar refractivity (Wildman–Crippen MR) is 56.1 cm³/mol. The summed E-state index contributed by atoms with van der Waals surface area (Å²) in [6, 6.07) is -1.01. The molecular formula is C8H12N4O2S. The summed E-state index contributed by atoms with van der Waals surface area (Å²) in [4.78, 5) is 25.6. The Balaban J connectivity index is 2.57. The van der Waals surface area contributed by atoms with Crippen molar-refractivity contribution in [2.75, 3.05) is 0 Å². The molecule has 0 saturated carbocycles. The molecule has 1 rings (SSSR count). The minimum atomic E-state index is -0.859. The molecule has 1 heterocycles. The number of amides is 3. The smallest absolute Gasteiger partial charge is 0.318 e. The summed E-state index contributed by atoms with van der Waals surface area (Å²) in [5, 5.41) is 4.46. The zero-order chi connectivity index (χ0) is 11.4. The SMILES string of the molecule is CC(N)c1nc(CC(=O)NC(N)=O)cs1. The molecule has 0 fully saturated rings. The highest BCUT2D eigenvalue weighted by molar-refractivity contribution is 7.09. The van der Waals surface area contributed by atoms with Crippen molar-refractivity contribution in [1.29, 1.82) is 0 Å². The largest absolute Gasteiger partial charge is 0.351 e. The van der Waals surface area contributed by atoms with Gasteiger partial charge in [0.1, 0.15) is 5.01 Å². The Labute approximate surface area is 90.7 Å². The second-order valence-corrected chi connectivity index (χ2v) is 3.94. The van der Waals surface area contributed by atoms with Crippen molar-refractivity contribution >= 4 is 23.3 Å². The zero-order valence-electron chi connectivity index (χ0n) is 8.19. The fourth-order valence-electron chi connectivity index (χ4n) is 0.959. The summed E-state index contributed by atoms with van der Waals surface area (Å²) in [6.07, 6.45) is 0.0339. The summed E-state index contributed by atoms with van der Waals surface area (Å²) in [5.41, 5.74) is 11.0. The van der Waals surface area contributed by atoms with Crippen LogP contribution in [0, 0.1) is 0 Å². The van der Waals surface area contributed by atoms with Gasteiger partial charge in [0.2, 0.25) is 5.91 Å². The second-order valence-electron chi connectivity index (χ2n) is 3.05. The van der Waals surface area contributed by atoms with Gasteiger partial charge in [0.25, 0.3) is 0 Å². The molecule has 0 aromatic carbocycles. The van der Waals surface area contributed by atoms with Crippen LogP contribution in [0.15, 0.2) is 5.38 Å². The fourth-order valence-corrected chi connectivity index (χ4v) is 1.74. The lowest BCUT2D eigenvalue weighted by molar-refractivity contribution is -0.119. The maximum atomic E-state index is 11.1. The van der Waals surface area contributed by atoms with E-state index < -0.39 is 11.9 Å². The highest BCUT2D eigenvalue weighted by Gasteiger charge is 2.10. The van der Waals surface area contributed by atoms with E-state index in [4.69, 9.17) is 11.5 Å². The van der Waals surface area contributed by atoms with E-state index in [1.165, 1.54) is 11.3 Å². The fraction of sp³-hybridized carbons (Fsp3) is 0.375. The predicted octanol–water partition coefficient (Wildman–Crippen LogP) is -0.0998. The van der Waals surface area contributed by atoms with Gasteiger partial charge in [0.05, 0.1) is 18.2 Å². The Kier molecular flexibility index (Phi) is 3.75. The van der Waals surface area contributed by atoms with Gasteiger partial charge in [-0.15, -0.1) is 11.3 Å². The lowest BCUT2D eigenvalue weighted by atomic mass is 10.3. The highest BCUT2D eigenvalue weighted by Crippen LogP contribution is 2.15. The van der Waals surface area contributed by atoms with Crippen LogP contribution in [-0.4, -0.2) is 16.9 Å². The number of thiazole rings is 1. The van der Waals surface area contributed by atoms with Crippen LogP contribution >= 0.6 is 11.3 Å². The van der Waals surface area contributed by atoms with Gasteiger partial charge in [-0.05, 0) is 6.92 Å². The molecular weight excluding hydrogens is 216 g/mol. The Morgan fingerprint density at radius 1 is 1.67 bits per heavy atom. The van der Waals surface area contributed by atoms with Crippen molar-refractivity contribution < 1.29 is 9.59 Å². The van der Waals surface area contributed by atoms with Crippen molar-refractivity contribution in [2.45, 2.75) is 19.4 Å². The van der Waals surface area contributed by atoms with Gasteiger partial charge in [-0.3, -0.25) is 10.1 Å². The molecule has 1 aromatic heterocycles. The van der Waals surface area contributed by atoms with Gasteiger partial charge in [-0.25, -0.2) is 9.78 Å². The number of carbonyl (C=O) groups excluding carboxylic acids is 2. The second kappa shape index (κ2) is 4.85. The van der Waals surface area contributed by atoms with Crippen LogP contribution in [0.2, 0.25) is 0 Å². The summed E-state index contributed by atoms with van der Waals surface area (Å²) >= 11 is 1.39. The Morgan fingerprint density at radius 3 is 2.80 bits per heavy atom. The Morgan fingerprint density at radius 2 is 2.33 bits per heavy atom. The van der Waals surface area contributed by atoms with E-state index in [1.54, 1.807) is 5.38 Å². The van der Waals surface area contributed by atoms with Crippen molar-refractivity contribution in [3.63, 3.8) is 0 Å². The van der Waals surface area contributed by atoms with Crippen LogP contribution in [0.1, 0.15) is 23.7 Å². The zero-order valence-corrected chi connectivity index (χ0v) is 9.00. The van der Waals surface area contributed by atoms with Gasteiger partial charge >= 0.3 is 6.03 Å². The molecule has 1 aromatic rings. The van der Waals surface area contributed by atoms with Gasteiger partial charge in [-0.1, -0.05) is 0 Å². The summed E-state index contributed by atoms with van der Waals surface area (Å²) in [6.45, 7) is 1.81. The molecule has 1 unspecified atom stereocenters. The topological polar surface area (TPSA) is 111 Å². The van der Waals surface area contributed by atoms with Crippen LogP contribution < -0.4 is 16.8 Å². The Bertz CT molecular complexity index is 374.